The summed E-state index contributed by atoms with van der Waals surface area (Å²) in [5.41, 5.74) is 0.00906. The molecule has 3 rings (SSSR count). The SMILES string of the molecule is BC(=O)OCCOc1ccc2sc3ccccc3c(=O)c2c1. The molecule has 6 heteroatoms. The Kier molecular flexibility index (Phi) is 4.11. The van der Waals surface area contributed by atoms with Gasteiger partial charge in [-0.2, -0.15) is 0 Å². The Hall–Kier alpha value is -2.34. The van der Waals surface area contributed by atoms with Crippen molar-refractivity contribution in [2.24, 2.45) is 0 Å². The normalized spacial score (nSPS) is 10.7. The van der Waals surface area contributed by atoms with Crippen molar-refractivity contribution < 1.29 is 14.3 Å². The molecule has 2 aromatic carbocycles. The Morgan fingerprint density at radius 1 is 1.05 bits per heavy atom. The number of hydrogen-bond donors (Lipinski definition) is 0. The fourth-order valence-electron chi connectivity index (χ4n) is 2.22. The molecule has 1 aromatic heterocycles. The lowest BCUT2D eigenvalue weighted by atomic mass is 10.2. The molecule has 0 saturated heterocycles. The first-order valence-electron chi connectivity index (χ1n) is 6.87. The van der Waals surface area contributed by atoms with E-state index in [0.29, 0.717) is 11.1 Å². The van der Waals surface area contributed by atoms with Gasteiger partial charge in [-0.15, -0.1) is 11.3 Å². The Bertz CT molecular complexity index is 903. The first-order chi connectivity index (χ1) is 10.6. The fraction of sp³-hybridized carbons (Fsp3) is 0.125. The summed E-state index contributed by atoms with van der Waals surface area (Å²) in [7, 11) is 1.35. The first kappa shape index (κ1) is 14.6. The zero-order valence-electron chi connectivity index (χ0n) is 12.0. The van der Waals surface area contributed by atoms with Crippen LogP contribution < -0.4 is 10.2 Å². The van der Waals surface area contributed by atoms with Crippen LogP contribution in [0.4, 0.5) is 4.79 Å². The molecule has 1 heterocycles. The predicted molar refractivity (Wildman–Crippen MR) is 91.0 cm³/mol. The van der Waals surface area contributed by atoms with E-state index >= 15 is 0 Å². The van der Waals surface area contributed by atoms with Crippen LogP contribution in [-0.4, -0.2) is 26.9 Å². The van der Waals surface area contributed by atoms with Crippen LogP contribution >= 0.6 is 11.3 Å². The molecule has 0 N–H and O–H groups in total. The second kappa shape index (κ2) is 6.19. The number of ether oxygens (including phenoxy) is 2. The van der Waals surface area contributed by atoms with Crippen LogP contribution in [-0.2, 0) is 4.74 Å². The van der Waals surface area contributed by atoms with Gasteiger partial charge >= 0.3 is 0 Å². The van der Waals surface area contributed by atoms with Crippen molar-refractivity contribution in [3.8, 4) is 5.75 Å². The minimum Gasteiger partial charge on any atom is -0.490 e. The average molecular weight is 312 g/mol. The Labute approximate surface area is 131 Å². The largest absolute Gasteiger partial charge is 0.490 e. The molecule has 0 aliphatic heterocycles. The summed E-state index contributed by atoms with van der Waals surface area (Å²) < 4.78 is 12.2. The molecule has 0 unspecified atom stereocenters. The van der Waals surface area contributed by atoms with Crippen molar-refractivity contribution in [1.82, 2.24) is 0 Å². The van der Waals surface area contributed by atoms with Gasteiger partial charge in [0.2, 0.25) is 13.7 Å². The van der Waals surface area contributed by atoms with Gasteiger partial charge < -0.3 is 9.47 Å². The van der Waals surface area contributed by atoms with Crippen LogP contribution in [0.25, 0.3) is 20.2 Å². The summed E-state index contributed by atoms with van der Waals surface area (Å²) in [6.45, 7) is 0.453. The number of fused-ring (bicyclic) bond motifs is 2. The molecule has 3 aromatic rings. The summed E-state index contributed by atoms with van der Waals surface area (Å²) in [5.74, 6) is 0.261. The van der Waals surface area contributed by atoms with E-state index in [0.717, 1.165) is 14.8 Å². The summed E-state index contributed by atoms with van der Waals surface area (Å²) in [4.78, 5) is 23.2. The van der Waals surface area contributed by atoms with E-state index in [1.54, 1.807) is 17.4 Å². The molecule has 22 heavy (non-hydrogen) atoms. The van der Waals surface area contributed by atoms with Gasteiger partial charge in [-0.25, -0.2) is 0 Å². The zero-order chi connectivity index (χ0) is 15.5. The van der Waals surface area contributed by atoms with E-state index in [9.17, 15) is 9.59 Å². The Morgan fingerprint density at radius 2 is 1.82 bits per heavy atom. The van der Waals surface area contributed by atoms with Crippen LogP contribution in [0.1, 0.15) is 0 Å². The van der Waals surface area contributed by atoms with E-state index in [1.165, 1.54) is 7.85 Å². The lowest BCUT2D eigenvalue weighted by Crippen LogP contribution is -2.10. The number of carbonyl (C=O) groups is 1. The van der Waals surface area contributed by atoms with Crippen LogP contribution in [0.15, 0.2) is 47.3 Å². The van der Waals surface area contributed by atoms with E-state index < -0.39 is 0 Å². The molecule has 0 fully saturated rings. The second-order valence-electron chi connectivity index (χ2n) is 4.77. The molecular weight excluding hydrogens is 299 g/mol. The fourth-order valence-corrected chi connectivity index (χ4v) is 3.27. The van der Waals surface area contributed by atoms with Gasteiger partial charge in [-0.05, 0) is 30.3 Å². The highest BCUT2D eigenvalue weighted by Crippen LogP contribution is 2.27. The molecule has 0 atom stereocenters. The van der Waals surface area contributed by atoms with Gasteiger partial charge in [0.1, 0.15) is 19.0 Å². The molecule has 0 aliphatic rings. The van der Waals surface area contributed by atoms with Crippen LogP contribution in [0.2, 0.25) is 0 Å². The molecule has 0 amide bonds. The van der Waals surface area contributed by atoms with E-state index in [4.69, 9.17) is 9.47 Å². The summed E-state index contributed by atoms with van der Waals surface area (Å²) in [6, 6.07) is 13.0. The average Bonchev–Trinajstić information content (AvgIpc) is 2.52. The molecular formula is C16H13BO4S. The first-order valence-corrected chi connectivity index (χ1v) is 7.68. The van der Waals surface area contributed by atoms with E-state index in [-0.39, 0.29) is 24.5 Å². The number of carbonyl (C=O) groups excluding carboxylic acids is 1. The topological polar surface area (TPSA) is 52.6 Å². The van der Waals surface area contributed by atoms with Gasteiger partial charge in [0.05, 0.1) is 0 Å². The van der Waals surface area contributed by atoms with Crippen molar-refractivity contribution in [3.63, 3.8) is 0 Å². The standard InChI is InChI=1S/C16H13BO4S/c17-16(19)21-8-7-20-10-5-6-14-12(9-10)15(18)11-3-1-2-4-13(11)22-14/h1-6,9H,7-8,17H2. The Morgan fingerprint density at radius 3 is 2.64 bits per heavy atom. The molecule has 110 valence electrons. The molecule has 0 bridgehead atoms. The van der Waals surface area contributed by atoms with Crippen LogP contribution in [0, 0.1) is 0 Å². The van der Waals surface area contributed by atoms with E-state index in [2.05, 4.69) is 0 Å². The maximum Gasteiger partial charge on any atom is 0.243 e. The van der Waals surface area contributed by atoms with Crippen LogP contribution in [0.3, 0.4) is 0 Å². The van der Waals surface area contributed by atoms with Crippen molar-refractivity contribution in [2.45, 2.75) is 0 Å². The van der Waals surface area contributed by atoms with Crippen molar-refractivity contribution in [2.75, 3.05) is 13.2 Å². The van der Waals surface area contributed by atoms with Gasteiger partial charge in [0.25, 0.3) is 0 Å². The monoisotopic (exact) mass is 312 g/mol. The summed E-state index contributed by atoms with van der Waals surface area (Å²) in [6.07, 6.45) is 0. The second-order valence-corrected chi connectivity index (χ2v) is 5.86. The third-order valence-corrected chi connectivity index (χ3v) is 4.36. The lowest BCUT2D eigenvalue weighted by molar-refractivity contribution is 0.147. The van der Waals surface area contributed by atoms with Crippen LogP contribution in [0.5, 0.6) is 5.75 Å². The maximum absolute atomic E-state index is 12.5. The zero-order valence-corrected chi connectivity index (χ0v) is 12.8. The number of hydrogen-bond acceptors (Lipinski definition) is 5. The lowest BCUT2D eigenvalue weighted by Gasteiger charge is -2.07. The quantitative estimate of drug-likeness (QED) is 0.422. The summed E-state index contributed by atoms with van der Waals surface area (Å²) in [5, 5.41) is 1.37. The number of benzene rings is 2. The highest BCUT2D eigenvalue weighted by molar-refractivity contribution is 7.24. The molecule has 4 nitrogen and oxygen atoms in total. The van der Waals surface area contributed by atoms with Gasteiger partial charge in [-0.1, -0.05) is 12.1 Å². The predicted octanol–water partition coefficient (Wildman–Crippen LogP) is 2.56. The maximum atomic E-state index is 12.5. The van der Waals surface area contributed by atoms with Gasteiger partial charge in [0, 0.05) is 20.2 Å². The van der Waals surface area contributed by atoms with Gasteiger partial charge in [-0.3, -0.25) is 9.59 Å². The molecule has 0 aliphatic carbocycles. The third kappa shape index (κ3) is 2.97. The Balaban J connectivity index is 1.92. The van der Waals surface area contributed by atoms with Crippen molar-refractivity contribution in [1.29, 1.82) is 0 Å². The van der Waals surface area contributed by atoms with Crippen molar-refractivity contribution in [3.05, 3.63) is 52.7 Å². The summed E-state index contributed by atoms with van der Waals surface area (Å²) >= 11 is 1.58. The van der Waals surface area contributed by atoms with E-state index in [1.807, 2.05) is 36.4 Å². The minimum atomic E-state index is -0.336. The highest BCUT2D eigenvalue weighted by atomic mass is 32.1. The smallest absolute Gasteiger partial charge is 0.243 e. The van der Waals surface area contributed by atoms with Gasteiger partial charge in [0.15, 0.2) is 5.43 Å². The highest BCUT2D eigenvalue weighted by Gasteiger charge is 2.07. The molecule has 0 saturated carbocycles. The minimum absolute atomic E-state index is 0.00906. The molecule has 0 spiro atoms. The van der Waals surface area contributed by atoms with Crippen molar-refractivity contribution >= 4 is 45.2 Å². The molecule has 0 radical (unpaired) electrons. The third-order valence-electron chi connectivity index (χ3n) is 3.20. The number of rotatable bonds is 4.